The van der Waals surface area contributed by atoms with E-state index in [0.717, 1.165) is 128 Å². The van der Waals surface area contributed by atoms with Crippen molar-refractivity contribution in [3.05, 3.63) is 227 Å². The second-order valence-electron chi connectivity index (χ2n) is 23.2. The maximum absolute atomic E-state index is 4.94. The lowest BCUT2D eigenvalue weighted by atomic mass is 9.93. The van der Waals surface area contributed by atoms with Crippen molar-refractivity contribution in [2.75, 3.05) is 99.7 Å². The molecule has 0 radical (unpaired) electrons. The molecule has 86 heavy (non-hydrogen) atoms. The van der Waals surface area contributed by atoms with Gasteiger partial charge in [-0.25, -0.2) is 9.97 Å². The van der Waals surface area contributed by atoms with Crippen LogP contribution in [0.4, 0.5) is 0 Å². The normalized spacial score (nSPS) is 19.8. The maximum atomic E-state index is 4.94. The summed E-state index contributed by atoms with van der Waals surface area (Å²) in [6.07, 6.45) is 20.6. The van der Waals surface area contributed by atoms with Crippen molar-refractivity contribution in [2.24, 2.45) is 0 Å². The Morgan fingerprint density at radius 3 is 1.06 bits per heavy atom. The number of imidazole rings is 2. The van der Waals surface area contributed by atoms with Gasteiger partial charge < -0.3 is 23.8 Å². The molecule has 0 bridgehead atoms. The molecule has 0 N–H and O–H groups in total. The second kappa shape index (κ2) is 28.0. The molecule has 3 unspecified atom stereocenters. The summed E-state index contributed by atoms with van der Waals surface area (Å²) >= 11 is 10.9. The lowest BCUT2D eigenvalue weighted by Crippen LogP contribution is -2.46. The first-order valence-corrected chi connectivity index (χ1v) is 31.8. The molecule has 3 aliphatic carbocycles. The van der Waals surface area contributed by atoms with E-state index in [9.17, 15) is 0 Å². The summed E-state index contributed by atoms with van der Waals surface area (Å²) in [7, 11) is 6.61. The first kappa shape index (κ1) is 63.0. The van der Waals surface area contributed by atoms with Crippen molar-refractivity contribution in [3.8, 4) is 0 Å². The highest BCUT2D eigenvalue weighted by molar-refractivity contribution is 9.11. The van der Waals surface area contributed by atoms with Crippen molar-refractivity contribution < 1.29 is 0 Å². The van der Waals surface area contributed by atoms with Crippen molar-refractivity contribution in [2.45, 2.75) is 66.8 Å². The number of nitrogens with zero attached hydrogens (tertiary/aromatic N) is 13. The number of aryl methyl sites for hydroxylation is 2. The Hall–Kier alpha value is -6.05. The monoisotopic (exact) mass is 1340 g/mol. The van der Waals surface area contributed by atoms with Crippen molar-refractivity contribution in [3.63, 3.8) is 0 Å². The molecule has 16 heteroatoms. The van der Waals surface area contributed by atoms with Crippen LogP contribution in [0.15, 0.2) is 148 Å². The zero-order chi connectivity index (χ0) is 58.0. The number of piperazine rings is 3. The number of aromatic nitrogens is 7. The van der Waals surface area contributed by atoms with Gasteiger partial charge in [0.05, 0.1) is 35.2 Å². The molecule has 448 valence electrons. The SMILES string of the molecule is C.C.CC1=Cc2cc(Br)cnc2C(N2CCN(C)CC2)c2ccccc21.Cc1nccn1CC1=Cc2cc(Br)cnc2C(N2CCN(C)CC2)c2ccccc21.Cc1nccn1CC1=Cc2cc(Br)cnc2C(N2CCN(C)CC2)c2ccccc21. The molecule has 3 aromatic carbocycles. The van der Waals surface area contributed by atoms with Crippen LogP contribution < -0.4 is 0 Å². The molecule has 3 saturated heterocycles. The zero-order valence-electron chi connectivity index (χ0n) is 49.0. The summed E-state index contributed by atoms with van der Waals surface area (Å²) in [6, 6.07) is 33.7. The van der Waals surface area contributed by atoms with Gasteiger partial charge in [0.25, 0.3) is 0 Å². The Kier molecular flexibility index (Phi) is 20.5. The standard InChI is InChI=1S/2C24H26BrN5.C20H22BrN3.2CH4/c2*1-17-26-7-8-30(17)16-19-13-18-14-20(25)15-27-23(18)24(22-6-4-3-5-21(19)22)29-11-9-28(2)10-12-29;1-14-11-15-12-16(21)13-22-19(15)20(18-6-4-3-5-17(14)18)24-9-7-23(2)8-10-24;;/h2*3-8,13-15,24H,9-12,16H2,1-2H3;3-6,11-13,20H,7-10H2,1-2H3;2*1H4. The minimum absolute atomic E-state index is 0. The molecular formula is C70H82Br3N13. The number of rotatable bonds is 7. The predicted octanol–water partition coefficient (Wildman–Crippen LogP) is 13.8. The quantitative estimate of drug-likeness (QED) is 0.153. The second-order valence-corrected chi connectivity index (χ2v) is 26.0. The number of halogens is 3. The Labute approximate surface area is 535 Å². The summed E-state index contributed by atoms with van der Waals surface area (Å²) in [5, 5.41) is 0. The van der Waals surface area contributed by atoms with Crippen LogP contribution in [0.5, 0.6) is 0 Å². The lowest BCUT2D eigenvalue weighted by Gasteiger charge is -2.38. The van der Waals surface area contributed by atoms with Crippen LogP contribution in [0.1, 0.15) is 119 Å². The molecule has 8 aromatic rings. The first-order chi connectivity index (χ1) is 40.8. The molecule has 3 aliphatic heterocycles. The van der Waals surface area contributed by atoms with E-state index in [1.165, 1.54) is 72.5 Å². The van der Waals surface area contributed by atoms with E-state index < -0.39 is 0 Å². The highest BCUT2D eigenvalue weighted by Crippen LogP contribution is 2.44. The van der Waals surface area contributed by atoms with Crippen molar-refractivity contribution in [1.82, 2.24) is 63.5 Å². The van der Waals surface area contributed by atoms with Gasteiger partial charge in [0.15, 0.2) is 0 Å². The van der Waals surface area contributed by atoms with Gasteiger partial charge in [0, 0.05) is 148 Å². The van der Waals surface area contributed by atoms with Crippen LogP contribution >= 0.6 is 47.8 Å². The average Bonchev–Trinajstić information content (AvgIpc) is 1.79. The number of hydrogen-bond donors (Lipinski definition) is 0. The Morgan fingerprint density at radius 1 is 0.407 bits per heavy atom. The molecule has 0 amide bonds. The third-order valence-corrected chi connectivity index (χ3v) is 19.0. The zero-order valence-corrected chi connectivity index (χ0v) is 53.8. The number of pyridine rings is 3. The largest absolute Gasteiger partial charge is 0.331 e. The minimum Gasteiger partial charge on any atom is -0.331 e. The van der Waals surface area contributed by atoms with E-state index in [1.807, 2.05) is 31.0 Å². The van der Waals surface area contributed by atoms with Crippen LogP contribution in [0.2, 0.25) is 0 Å². The van der Waals surface area contributed by atoms with E-state index in [4.69, 9.17) is 15.0 Å². The molecular weight excluding hydrogens is 1260 g/mol. The molecule has 8 heterocycles. The summed E-state index contributed by atoms with van der Waals surface area (Å²) in [6.45, 7) is 20.8. The number of fused-ring (bicyclic) bond motifs is 6. The fourth-order valence-electron chi connectivity index (χ4n) is 13.0. The van der Waals surface area contributed by atoms with Crippen LogP contribution in [-0.2, 0) is 13.1 Å². The Bertz CT molecular complexity index is 3570. The molecule has 13 nitrogen and oxygen atoms in total. The first-order valence-electron chi connectivity index (χ1n) is 29.4. The third-order valence-electron chi connectivity index (χ3n) is 17.7. The van der Waals surface area contributed by atoms with Gasteiger partial charge >= 0.3 is 0 Å². The van der Waals surface area contributed by atoms with Crippen LogP contribution in [0.25, 0.3) is 34.9 Å². The number of allylic oxidation sites excluding steroid dienone is 3. The molecule has 0 spiro atoms. The molecule has 3 atom stereocenters. The van der Waals surface area contributed by atoms with E-state index in [0.29, 0.717) is 0 Å². The van der Waals surface area contributed by atoms with E-state index in [1.54, 1.807) is 0 Å². The number of likely N-dealkylation sites (N-methyl/N-ethyl adjacent to an activating group) is 3. The molecule has 6 aliphatic rings. The Balaban J connectivity index is 0.000000142. The van der Waals surface area contributed by atoms with Gasteiger partial charge in [-0.3, -0.25) is 29.7 Å². The average molecular weight is 1350 g/mol. The van der Waals surface area contributed by atoms with Gasteiger partial charge in [-0.15, -0.1) is 0 Å². The predicted molar refractivity (Wildman–Crippen MR) is 365 cm³/mol. The molecule has 14 rings (SSSR count). The highest BCUT2D eigenvalue weighted by Gasteiger charge is 2.35. The van der Waals surface area contributed by atoms with Crippen molar-refractivity contribution >= 4 is 82.7 Å². The number of benzene rings is 3. The molecule has 0 saturated carbocycles. The van der Waals surface area contributed by atoms with Crippen LogP contribution in [0, 0.1) is 13.8 Å². The van der Waals surface area contributed by atoms with Gasteiger partial charge in [0.2, 0.25) is 0 Å². The van der Waals surface area contributed by atoms with Gasteiger partial charge in [-0.2, -0.15) is 0 Å². The summed E-state index contributed by atoms with van der Waals surface area (Å²) in [4.78, 5) is 38.5. The topological polar surface area (TPSA) is 93.8 Å². The third kappa shape index (κ3) is 13.6. The van der Waals surface area contributed by atoms with E-state index >= 15 is 0 Å². The molecule has 5 aromatic heterocycles. The van der Waals surface area contributed by atoms with E-state index in [2.05, 4.69) is 260 Å². The van der Waals surface area contributed by atoms with Gasteiger partial charge in [0.1, 0.15) is 11.6 Å². The summed E-state index contributed by atoms with van der Waals surface area (Å²) < 4.78 is 7.49. The number of hydrogen-bond acceptors (Lipinski definition) is 11. The van der Waals surface area contributed by atoms with Crippen LogP contribution in [-0.4, -0.2) is 163 Å². The van der Waals surface area contributed by atoms with Gasteiger partial charge in [-0.1, -0.05) is 87.6 Å². The fourth-order valence-corrected chi connectivity index (χ4v) is 14.0. The summed E-state index contributed by atoms with van der Waals surface area (Å²) in [5.74, 6) is 2.06. The van der Waals surface area contributed by atoms with Gasteiger partial charge in [-0.05, 0) is 193 Å². The van der Waals surface area contributed by atoms with E-state index in [-0.39, 0.29) is 33.0 Å². The smallest absolute Gasteiger partial charge is 0.105 e. The maximum Gasteiger partial charge on any atom is 0.105 e. The fraction of sp³-hybridized carbons (Fsp3) is 0.357. The highest BCUT2D eigenvalue weighted by atomic mass is 79.9. The lowest BCUT2D eigenvalue weighted by molar-refractivity contribution is 0.125. The van der Waals surface area contributed by atoms with Crippen molar-refractivity contribution in [1.29, 1.82) is 0 Å². The minimum atomic E-state index is 0. The Morgan fingerprint density at radius 2 is 0.721 bits per heavy atom. The summed E-state index contributed by atoms with van der Waals surface area (Å²) in [5.41, 5.74) is 19.0. The van der Waals surface area contributed by atoms with Crippen LogP contribution in [0.3, 0.4) is 0 Å². The molecule has 3 fully saturated rings.